The van der Waals surface area contributed by atoms with Crippen LogP contribution in [0.4, 0.5) is 0 Å². The summed E-state index contributed by atoms with van der Waals surface area (Å²) in [6, 6.07) is 13.5. The molecule has 0 radical (unpaired) electrons. The second-order valence-electron chi connectivity index (χ2n) is 13.0. The molecular formula is C34H46N22O9. The Morgan fingerprint density at radius 1 is 0.492 bits per heavy atom. The molecule has 1 heterocycles. The van der Waals surface area contributed by atoms with Crippen LogP contribution < -0.4 is 92.9 Å². The highest BCUT2D eigenvalue weighted by molar-refractivity contribution is 6.07. The molecule has 346 valence electrons. The van der Waals surface area contributed by atoms with Crippen molar-refractivity contribution >= 4 is 82.0 Å². The molecule has 31 heteroatoms. The van der Waals surface area contributed by atoms with Gasteiger partial charge in [0.15, 0.2) is 54.7 Å². The molecule has 2 aromatic carbocycles. The molecule has 0 fully saturated rings. The summed E-state index contributed by atoms with van der Waals surface area (Å²) in [5.41, 5.74) is 32.3. The number of aromatic nitrogens is 1. The molecule has 65 heavy (non-hydrogen) atoms. The number of carbonyl (C=O) groups excluding carboxylic acids is 8. The van der Waals surface area contributed by atoms with Crippen LogP contribution in [0.3, 0.4) is 0 Å². The molecule has 0 saturated carbocycles. The summed E-state index contributed by atoms with van der Waals surface area (Å²) >= 11 is 0. The highest BCUT2D eigenvalue weighted by atomic mass is 16.3. The maximum atomic E-state index is 13.9. The highest BCUT2D eigenvalue weighted by Crippen LogP contribution is 2.17. The molecule has 28 N–H and O–H groups in total. The average Bonchev–Trinajstić information content (AvgIpc) is 3.23. The number of benzene rings is 2. The fourth-order valence-electron chi connectivity index (χ4n) is 5.22. The number of nitrogens with zero attached hydrogens (tertiary/aromatic N) is 1. The zero-order chi connectivity index (χ0) is 48.5. The van der Waals surface area contributed by atoms with Crippen molar-refractivity contribution in [1.82, 2.24) is 63.5 Å². The fourth-order valence-corrected chi connectivity index (χ4v) is 5.22. The van der Waals surface area contributed by atoms with Gasteiger partial charge < -0.3 is 98.0 Å². The Labute approximate surface area is 365 Å². The van der Waals surface area contributed by atoms with E-state index < -0.39 is 114 Å². The van der Waals surface area contributed by atoms with Crippen molar-refractivity contribution in [2.24, 2.45) is 34.4 Å². The van der Waals surface area contributed by atoms with Gasteiger partial charge in [-0.25, -0.2) is 0 Å². The van der Waals surface area contributed by atoms with Crippen molar-refractivity contribution in [2.45, 2.75) is 43.1 Å². The van der Waals surface area contributed by atoms with Crippen LogP contribution in [0, 0.1) is 21.6 Å². The van der Waals surface area contributed by atoms with E-state index in [9.17, 15) is 43.5 Å². The maximum absolute atomic E-state index is 13.9. The molecule has 0 aliphatic rings. The topological polar surface area (TPSA) is 554 Å². The number of primary amides is 1. The van der Waals surface area contributed by atoms with Crippen LogP contribution in [-0.4, -0.2) is 118 Å². The van der Waals surface area contributed by atoms with Gasteiger partial charge in [0.05, 0.1) is 11.1 Å². The first-order valence-electron chi connectivity index (χ1n) is 18.2. The Balaban J connectivity index is 1.84. The van der Waals surface area contributed by atoms with Crippen LogP contribution in [0.1, 0.15) is 22.0 Å². The van der Waals surface area contributed by atoms with E-state index in [-0.39, 0.29) is 16.6 Å². The molecule has 31 nitrogen and oxygen atoms in total. The van der Waals surface area contributed by atoms with E-state index in [2.05, 4.69) is 31.6 Å². The predicted octanol–water partition coefficient (Wildman–Crippen LogP) is -9.27. The van der Waals surface area contributed by atoms with E-state index in [1.54, 1.807) is 30.3 Å². The maximum Gasteiger partial charge on any atom is 0.270 e. The summed E-state index contributed by atoms with van der Waals surface area (Å²) in [6.45, 7) is 0. The average molecular weight is 907 g/mol. The van der Waals surface area contributed by atoms with Crippen molar-refractivity contribution in [2.75, 3.05) is 0 Å². The molecule has 7 unspecified atom stereocenters. The van der Waals surface area contributed by atoms with Gasteiger partial charge in [-0.15, -0.1) is 0 Å². The lowest BCUT2D eigenvalue weighted by atomic mass is 10.1. The number of fused-ring (bicyclic) bond motifs is 1. The lowest BCUT2D eigenvalue weighted by molar-refractivity contribution is -0.137. The van der Waals surface area contributed by atoms with Gasteiger partial charge in [-0.05, 0) is 17.7 Å². The second kappa shape index (κ2) is 23.0. The number of pyridine rings is 1. The zero-order valence-electron chi connectivity index (χ0n) is 33.5. The Morgan fingerprint density at radius 2 is 0.923 bits per heavy atom. The highest BCUT2D eigenvalue weighted by Gasteiger charge is 2.35. The fraction of sp³-hybridized carbons (Fsp3) is 0.206. The first-order valence-corrected chi connectivity index (χ1v) is 18.2. The number of nitrogens with one attached hydrogen (secondary N) is 15. The number of hydrogen-bond donors (Lipinski definition) is 22. The summed E-state index contributed by atoms with van der Waals surface area (Å²) in [4.78, 5) is 109. The minimum atomic E-state index is -2.25. The molecule has 3 rings (SSSR count). The summed E-state index contributed by atoms with van der Waals surface area (Å²) < 4.78 is 0. The van der Waals surface area contributed by atoms with Crippen LogP contribution in [0.5, 0.6) is 0 Å². The van der Waals surface area contributed by atoms with Crippen molar-refractivity contribution in [3.63, 3.8) is 0 Å². The number of carbonyl (C=O) groups is 8. The summed E-state index contributed by atoms with van der Waals surface area (Å²) in [5, 5.41) is 64.5. The second-order valence-corrected chi connectivity index (χ2v) is 13.0. The zero-order valence-corrected chi connectivity index (χ0v) is 33.5. The third kappa shape index (κ3) is 15.2. The van der Waals surface area contributed by atoms with Gasteiger partial charge in [0.25, 0.3) is 41.4 Å². The summed E-state index contributed by atoms with van der Waals surface area (Å²) in [6.07, 6.45) is -10.9. The predicted molar refractivity (Wildman–Crippen MR) is 226 cm³/mol. The normalized spacial score (nSPS) is 13.7. The molecule has 0 aliphatic heterocycles. The van der Waals surface area contributed by atoms with Crippen molar-refractivity contribution < 1.29 is 43.5 Å². The molecular weight excluding hydrogens is 861 g/mol. The van der Waals surface area contributed by atoms with E-state index in [0.717, 1.165) is 0 Å². The van der Waals surface area contributed by atoms with E-state index in [4.69, 9.17) is 56.0 Å². The Hall–Kier alpha value is -9.39. The van der Waals surface area contributed by atoms with Gasteiger partial charge in [-0.2, -0.15) is 0 Å². The molecule has 8 amide bonds. The van der Waals surface area contributed by atoms with E-state index in [0.29, 0.717) is 5.39 Å². The first kappa shape index (κ1) is 50.0. The van der Waals surface area contributed by atoms with Crippen LogP contribution in [-0.2, 0) is 33.6 Å². The monoisotopic (exact) mass is 906 g/mol. The van der Waals surface area contributed by atoms with Gasteiger partial charge in [-0.1, -0.05) is 48.5 Å². The standard InChI is InChI=1S/C34H46N22O9/c35-17(18(36)57)47-25(60)19(52-31(37)38)49-27(62)21(54-33(41)42)51-28(63)22(55-34(43)44)50-26(61)20(53-32(39)40)48-24(59)16(13-6-2-1-3-7-13)46-29(64)30(65)56-23(58)14-10-4-8-12-9-5-11-45-15(12)14/h1-11,16-17,19-22,30,65H,35H2,(H2,36,57)(H,46,64)(H,47,60)(H,48,59)(H,49,62)(H,50,61)(H,51,63)(H,56,58)(H4,37,38,52)(H4,39,40,53)(H4,41,42,54)(H4,43,44,55). The van der Waals surface area contributed by atoms with Gasteiger partial charge in [0.1, 0.15) is 6.04 Å². The van der Waals surface area contributed by atoms with Crippen LogP contribution >= 0.6 is 0 Å². The van der Waals surface area contributed by atoms with Gasteiger partial charge >= 0.3 is 0 Å². The van der Waals surface area contributed by atoms with Crippen molar-refractivity contribution in [3.05, 3.63) is 78.0 Å². The van der Waals surface area contributed by atoms with Gasteiger partial charge in [0.2, 0.25) is 12.1 Å². The molecule has 0 spiro atoms. The Kier molecular flexibility index (Phi) is 17.7. The number of guanidine groups is 4. The third-order valence-electron chi connectivity index (χ3n) is 8.07. The Morgan fingerprint density at radius 3 is 1.37 bits per heavy atom. The third-order valence-corrected chi connectivity index (χ3v) is 8.07. The number of para-hydroxylation sites is 1. The number of aliphatic hydroxyl groups is 1. The van der Waals surface area contributed by atoms with Gasteiger partial charge in [0, 0.05) is 11.6 Å². The molecule has 0 saturated heterocycles. The largest absolute Gasteiger partial charge is 0.370 e. The number of hydrogen-bond acceptors (Lipinski definition) is 15. The number of amides is 8. The van der Waals surface area contributed by atoms with E-state index >= 15 is 0 Å². The van der Waals surface area contributed by atoms with E-state index in [1.807, 2.05) is 31.9 Å². The van der Waals surface area contributed by atoms with Crippen LogP contribution in [0.25, 0.3) is 10.9 Å². The number of rotatable bonds is 20. The van der Waals surface area contributed by atoms with Gasteiger partial charge in [-0.3, -0.25) is 65.0 Å². The summed E-state index contributed by atoms with van der Waals surface area (Å²) in [7, 11) is 0. The van der Waals surface area contributed by atoms with Crippen LogP contribution in [0.2, 0.25) is 0 Å². The summed E-state index contributed by atoms with van der Waals surface area (Å²) in [5.74, 6) is -13.8. The van der Waals surface area contributed by atoms with Crippen molar-refractivity contribution in [1.29, 1.82) is 21.6 Å². The molecule has 1 aromatic heterocycles. The SMILES string of the molecule is N=C(N)NC(NC(=O)C(NC(=N)N)NC(=O)C(NC(=N)N)NC(=O)C(NC(=N)N)NC(=O)C(NC(=O)C(O)NC(=O)c1cccc2cccnc12)c1ccccc1)C(=O)NC(N)C(N)=O. The molecule has 0 aliphatic carbocycles. The molecule has 0 bridgehead atoms. The molecule has 3 aromatic rings. The lowest BCUT2D eigenvalue weighted by Gasteiger charge is -2.28. The molecule has 7 atom stereocenters. The number of aliphatic hydroxyl groups excluding tert-OH is 1. The minimum Gasteiger partial charge on any atom is -0.370 e. The van der Waals surface area contributed by atoms with Crippen molar-refractivity contribution in [3.8, 4) is 0 Å². The minimum absolute atomic E-state index is 0.0144. The lowest BCUT2D eigenvalue weighted by Crippen LogP contribution is -2.69. The number of nitrogens with two attached hydrogens (primary N) is 6. The Bertz CT molecular complexity index is 2340. The quantitative estimate of drug-likeness (QED) is 0.0284. The van der Waals surface area contributed by atoms with E-state index in [1.165, 1.54) is 36.5 Å². The van der Waals surface area contributed by atoms with Crippen LogP contribution in [0.15, 0.2) is 66.9 Å². The smallest absolute Gasteiger partial charge is 0.270 e. The first-order chi connectivity index (χ1) is 30.6.